The minimum Gasteiger partial charge on any atom is -0.329 e. The molecular weight excluding hydrogens is 250 g/mol. The van der Waals surface area contributed by atoms with Gasteiger partial charge in [-0.2, -0.15) is 11.3 Å². The van der Waals surface area contributed by atoms with E-state index in [2.05, 4.69) is 5.32 Å². The smallest absolute Gasteiger partial charge is 0.246 e. The molecule has 18 heavy (non-hydrogen) atoms. The molecule has 1 fully saturated rings. The number of nitrogens with one attached hydrogen (secondary N) is 1. The Hall–Kier alpha value is -1.24. The van der Waals surface area contributed by atoms with E-state index in [1.54, 1.807) is 11.3 Å². The predicted octanol–water partition coefficient (Wildman–Crippen LogP) is 0.485. The largest absolute Gasteiger partial charge is 0.329 e. The van der Waals surface area contributed by atoms with Gasteiger partial charge in [-0.25, -0.2) is 0 Å². The molecule has 2 heterocycles. The number of rotatable bonds is 3. The Bertz CT molecular complexity index is 456. The first-order chi connectivity index (χ1) is 8.46. The number of thiophene rings is 1. The molecule has 98 valence electrons. The summed E-state index contributed by atoms with van der Waals surface area (Å²) in [6.45, 7) is 4.19. The van der Waals surface area contributed by atoms with Gasteiger partial charge in [-0.05, 0) is 36.2 Å². The average Bonchev–Trinajstić information content (AvgIpc) is 2.80. The van der Waals surface area contributed by atoms with Crippen molar-refractivity contribution in [3.63, 3.8) is 0 Å². The highest BCUT2D eigenvalue weighted by Crippen LogP contribution is 2.30. The first kappa shape index (κ1) is 13.2. The number of carbonyl (C=O) groups excluding carboxylic acids is 2. The summed E-state index contributed by atoms with van der Waals surface area (Å²) in [7, 11) is 0. The van der Waals surface area contributed by atoms with Crippen LogP contribution in [0.25, 0.3) is 0 Å². The third-order valence-corrected chi connectivity index (χ3v) is 4.07. The van der Waals surface area contributed by atoms with Crippen LogP contribution in [-0.2, 0) is 9.59 Å². The fourth-order valence-electron chi connectivity index (χ4n) is 2.21. The van der Waals surface area contributed by atoms with Crippen molar-refractivity contribution >= 4 is 23.2 Å². The summed E-state index contributed by atoms with van der Waals surface area (Å²) in [4.78, 5) is 25.3. The molecule has 1 unspecified atom stereocenters. The molecule has 6 heteroatoms. The molecule has 2 amide bonds. The molecule has 3 N–H and O–H groups in total. The van der Waals surface area contributed by atoms with Crippen molar-refractivity contribution < 1.29 is 9.59 Å². The zero-order valence-corrected chi connectivity index (χ0v) is 11.3. The van der Waals surface area contributed by atoms with Crippen LogP contribution >= 0.6 is 11.3 Å². The van der Waals surface area contributed by atoms with Crippen molar-refractivity contribution in [2.75, 3.05) is 13.1 Å². The van der Waals surface area contributed by atoms with E-state index in [0.29, 0.717) is 6.54 Å². The van der Waals surface area contributed by atoms with Crippen molar-refractivity contribution in [1.29, 1.82) is 0 Å². The standard InChI is InChI=1S/C12H17N3O2S/c1-12(2)11(17)14-10(16)6-15(12)9(5-13)8-3-4-18-7-8/h3-4,7,9H,5-6,13H2,1-2H3,(H,14,16,17). The summed E-state index contributed by atoms with van der Waals surface area (Å²) in [5.41, 5.74) is 6.14. The molecule has 0 bridgehead atoms. The van der Waals surface area contributed by atoms with E-state index in [4.69, 9.17) is 5.73 Å². The van der Waals surface area contributed by atoms with Crippen molar-refractivity contribution in [3.8, 4) is 0 Å². The maximum absolute atomic E-state index is 11.9. The second-order valence-electron chi connectivity index (χ2n) is 4.87. The molecule has 1 aliphatic heterocycles. The zero-order valence-electron chi connectivity index (χ0n) is 10.5. The molecule has 0 spiro atoms. The molecule has 0 aliphatic carbocycles. The van der Waals surface area contributed by atoms with Crippen molar-refractivity contribution in [2.24, 2.45) is 5.73 Å². The molecule has 1 aromatic heterocycles. The Morgan fingerprint density at radius 3 is 2.83 bits per heavy atom. The third kappa shape index (κ3) is 2.19. The topological polar surface area (TPSA) is 75.4 Å². The maximum atomic E-state index is 11.9. The highest BCUT2D eigenvalue weighted by molar-refractivity contribution is 7.07. The third-order valence-electron chi connectivity index (χ3n) is 3.37. The van der Waals surface area contributed by atoms with Gasteiger partial charge < -0.3 is 5.73 Å². The average molecular weight is 267 g/mol. The van der Waals surface area contributed by atoms with E-state index >= 15 is 0 Å². The Kier molecular flexibility index (Phi) is 3.52. The van der Waals surface area contributed by atoms with Crippen LogP contribution in [0.15, 0.2) is 16.8 Å². The first-order valence-electron chi connectivity index (χ1n) is 5.80. The Morgan fingerprint density at radius 1 is 1.56 bits per heavy atom. The van der Waals surface area contributed by atoms with E-state index in [1.807, 2.05) is 35.6 Å². The van der Waals surface area contributed by atoms with Gasteiger partial charge in [0.2, 0.25) is 11.8 Å². The van der Waals surface area contributed by atoms with E-state index < -0.39 is 5.54 Å². The van der Waals surface area contributed by atoms with Crippen LogP contribution < -0.4 is 11.1 Å². The number of hydrogen-bond acceptors (Lipinski definition) is 5. The van der Waals surface area contributed by atoms with Crippen LogP contribution in [0.3, 0.4) is 0 Å². The minimum absolute atomic E-state index is 0.110. The molecule has 1 aromatic rings. The van der Waals surface area contributed by atoms with E-state index in [9.17, 15) is 9.59 Å². The van der Waals surface area contributed by atoms with Gasteiger partial charge >= 0.3 is 0 Å². The quantitative estimate of drug-likeness (QED) is 0.781. The predicted molar refractivity (Wildman–Crippen MR) is 70.0 cm³/mol. The molecule has 1 aliphatic rings. The van der Waals surface area contributed by atoms with Gasteiger partial charge in [0.25, 0.3) is 0 Å². The van der Waals surface area contributed by atoms with Gasteiger partial charge in [0, 0.05) is 12.6 Å². The minimum atomic E-state index is -0.736. The molecular formula is C12H17N3O2S. The lowest BCUT2D eigenvalue weighted by atomic mass is 9.94. The van der Waals surface area contributed by atoms with Crippen LogP contribution in [0, 0.1) is 0 Å². The summed E-state index contributed by atoms with van der Waals surface area (Å²) < 4.78 is 0. The van der Waals surface area contributed by atoms with Crippen molar-refractivity contribution in [1.82, 2.24) is 10.2 Å². The van der Waals surface area contributed by atoms with E-state index in [-0.39, 0.29) is 24.4 Å². The van der Waals surface area contributed by atoms with Crippen molar-refractivity contribution in [2.45, 2.75) is 25.4 Å². The lowest BCUT2D eigenvalue weighted by Gasteiger charge is -2.44. The number of carbonyl (C=O) groups is 2. The van der Waals surface area contributed by atoms with Crippen LogP contribution in [0.2, 0.25) is 0 Å². The summed E-state index contributed by atoms with van der Waals surface area (Å²) in [5.74, 6) is -0.541. The SMILES string of the molecule is CC1(C)C(=O)NC(=O)CN1C(CN)c1ccsc1. The van der Waals surface area contributed by atoms with Crippen LogP contribution in [0.1, 0.15) is 25.5 Å². The summed E-state index contributed by atoms with van der Waals surface area (Å²) in [6.07, 6.45) is 0. The number of nitrogens with two attached hydrogens (primary N) is 1. The normalized spacial score (nSPS) is 21.7. The number of nitrogens with zero attached hydrogens (tertiary/aromatic N) is 1. The molecule has 5 nitrogen and oxygen atoms in total. The van der Waals surface area contributed by atoms with Crippen LogP contribution in [0.4, 0.5) is 0 Å². The second kappa shape index (κ2) is 4.79. The molecule has 0 saturated carbocycles. The fraction of sp³-hybridized carbons (Fsp3) is 0.500. The Morgan fingerprint density at radius 2 is 2.28 bits per heavy atom. The maximum Gasteiger partial charge on any atom is 0.246 e. The van der Waals surface area contributed by atoms with Crippen LogP contribution in [-0.4, -0.2) is 35.3 Å². The lowest BCUT2D eigenvalue weighted by Crippen LogP contribution is -2.65. The van der Waals surface area contributed by atoms with Gasteiger partial charge in [-0.15, -0.1) is 0 Å². The summed E-state index contributed by atoms with van der Waals surface area (Å²) in [6, 6.07) is 1.87. The zero-order chi connectivity index (χ0) is 13.3. The van der Waals surface area contributed by atoms with Gasteiger partial charge in [-0.3, -0.25) is 19.8 Å². The van der Waals surface area contributed by atoms with Gasteiger partial charge in [0.05, 0.1) is 12.1 Å². The lowest BCUT2D eigenvalue weighted by molar-refractivity contribution is -0.147. The number of amides is 2. The van der Waals surface area contributed by atoms with E-state index in [1.165, 1.54) is 0 Å². The molecule has 1 saturated heterocycles. The first-order valence-corrected chi connectivity index (χ1v) is 6.74. The van der Waals surface area contributed by atoms with Crippen molar-refractivity contribution in [3.05, 3.63) is 22.4 Å². The number of imide groups is 1. The molecule has 0 aromatic carbocycles. The Balaban J connectivity index is 2.34. The highest BCUT2D eigenvalue weighted by atomic mass is 32.1. The second-order valence-corrected chi connectivity index (χ2v) is 5.65. The Labute approximate surface area is 110 Å². The van der Waals surface area contributed by atoms with Gasteiger partial charge in [0.1, 0.15) is 0 Å². The molecule has 1 atom stereocenters. The number of piperazine rings is 1. The van der Waals surface area contributed by atoms with E-state index in [0.717, 1.165) is 5.56 Å². The summed E-state index contributed by atoms with van der Waals surface area (Å²) >= 11 is 1.58. The molecule has 2 rings (SSSR count). The highest BCUT2D eigenvalue weighted by Gasteiger charge is 2.44. The van der Waals surface area contributed by atoms with Gasteiger partial charge in [0.15, 0.2) is 0 Å². The fourth-order valence-corrected chi connectivity index (χ4v) is 2.92. The molecule has 0 radical (unpaired) electrons. The monoisotopic (exact) mass is 267 g/mol. The van der Waals surface area contributed by atoms with Crippen LogP contribution in [0.5, 0.6) is 0 Å². The summed E-state index contributed by atoms with van der Waals surface area (Å²) in [5, 5.41) is 6.34. The van der Waals surface area contributed by atoms with Gasteiger partial charge in [-0.1, -0.05) is 0 Å². The number of hydrogen-bond donors (Lipinski definition) is 2.